The Balaban J connectivity index is 1.46. The first-order chi connectivity index (χ1) is 14.9. The summed E-state index contributed by atoms with van der Waals surface area (Å²) in [5.74, 6) is -1.87. The number of amides is 3. The fraction of sp³-hybridized carbons (Fsp3) is 0.320. The Kier molecular flexibility index (Phi) is 4.73. The Hall–Kier alpha value is -3.28. The maximum Gasteiger partial charge on any atom is 0.234 e. The van der Waals surface area contributed by atoms with Crippen LogP contribution in [0.5, 0.6) is 0 Å². The number of carbonyl (C=O) groups excluding carboxylic acids is 3. The van der Waals surface area contributed by atoms with Crippen LogP contribution in [-0.4, -0.2) is 22.6 Å². The number of hydrogen-bond donors (Lipinski definition) is 1. The molecule has 31 heavy (non-hydrogen) atoms. The van der Waals surface area contributed by atoms with E-state index in [0.717, 1.165) is 12.0 Å². The summed E-state index contributed by atoms with van der Waals surface area (Å²) in [6.07, 6.45) is 4.77. The lowest BCUT2D eigenvalue weighted by Gasteiger charge is -2.28. The van der Waals surface area contributed by atoms with Crippen molar-refractivity contribution in [3.63, 3.8) is 0 Å². The second-order valence-corrected chi connectivity index (χ2v) is 8.68. The van der Waals surface area contributed by atoms with Crippen LogP contribution in [0.4, 0.5) is 10.1 Å². The van der Waals surface area contributed by atoms with E-state index >= 15 is 0 Å². The number of carbonyl (C=O) groups is 3. The standard InChI is InChI=1S/C25H23FN2O3/c1-14-5-2-3-8-19(14)27-21(29)13-20(15-6-4-7-18(26)12-15)28-24(30)22-16-9-10-17(11-16)23(22)25(28)31/h2-10,12,16-17,20,22-23H,11,13H2,1H3,(H,27,29). The molecule has 6 heteroatoms. The number of benzene rings is 2. The number of fused-ring (bicyclic) bond motifs is 5. The van der Waals surface area contributed by atoms with Crippen molar-refractivity contribution in [3.8, 4) is 0 Å². The molecular formula is C25H23FN2O3. The van der Waals surface area contributed by atoms with Crippen LogP contribution in [0.15, 0.2) is 60.7 Å². The Morgan fingerprint density at radius 3 is 2.39 bits per heavy atom. The van der Waals surface area contributed by atoms with Gasteiger partial charge in [0, 0.05) is 5.69 Å². The van der Waals surface area contributed by atoms with Crippen LogP contribution >= 0.6 is 0 Å². The smallest absolute Gasteiger partial charge is 0.234 e. The number of hydrogen-bond acceptors (Lipinski definition) is 3. The fourth-order valence-electron chi connectivity index (χ4n) is 5.39. The maximum atomic E-state index is 14.0. The summed E-state index contributed by atoms with van der Waals surface area (Å²) < 4.78 is 14.0. The number of likely N-dealkylation sites (tertiary alicyclic amines) is 1. The predicted octanol–water partition coefficient (Wildman–Crippen LogP) is 4.01. The van der Waals surface area contributed by atoms with Gasteiger partial charge in [0.15, 0.2) is 0 Å². The van der Waals surface area contributed by atoms with Crippen LogP contribution in [-0.2, 0) is 14.4 Å². The Morgan fingerprint density at radius 2 is 1.74 bits per heavy atom. The molecule has 158 valence electrons. The number of halogens is 1. The lowest BCUT2D eigenvalue weighted by Crippen LogP contribution is -2.38. The number of allylic oxidation sites excluding steroid dienone is 2. The van der Waals surface area contributed by atoms with Crippen LogP contribution in [0.3, 0.4) is 0 Å². The summed E-state index contributed by atoms with van der Waals surface area (Å²) in [5.41, 5.74) is 2.02. The van der Waals surface area contributed by atoms with Crippen LogP contribution < -0.4 is 5.32 Å². The number of anilines is 1. The van der Waals surface area contributed by atoms with E-state index in [2.05, 4.69) is 5.32 Å². The highest BCUT2D eigenvalue weighted by atomic mass is 19.1. The molecule has 0 spiro atoms. The molecule has 2 fully saturated rings. The van der Waals surface area contributed by atoms with Gasteiger partial charge in [0.2, 0.25) is 17.7 Å². The third kappa shape index (κ3) is 3.26. The van der Waals surface area contributed by atoms with E-state index in [-0.39, 0.29) is 47.8 Å². The second kappa shape index (κ2) is 7.45. The Bertz CT molecular complexity index is 1080. The molecule has 2 bridgehead atoms. The zero-order valence-electron chi connectivity index (χ0n) is 17.1. The molecule has 1 saturated carbocycles. The van der Waals surface area contributed by atoms with Crippen molar-refractivity contribution in [2.45, 2.75) is 25.8 Å². The molecule has 5 nitrogen and oxygen atoms in total. The van der Waals surface area contributed by atoms with Crippen LogP contribution in [0.2, 0.25) is 0 Å². The summed E-state index contributed by atoms with van der Waals surface area (Å²) in [7, 11) is 0. The van der Waals surface area contributed by atoms with E-state index in [1.165, 1.54) is 23.1 Å². The number of rotatable bonds is 5. The topological polar surface area (TPSA) is 66.5 Å². The normalized spacial score (nSPS) is 27.0. The van der Waals surface area contributed by atoms with Gasteiger partial charge in [-0.15, -0.1) is 0 Å². The van der Waals surface area contributed by atoms with Gasteiger partial charge >= 0.3 is 0 Å². The highest BCUT2D eigenvalue weighted by molar-refractivity contribution is 6.07. The molecule has 1 heterocycles. The molecule has 1 aliphatic heterocycles. The summed E-state index contributed by atoms with van der Waals surface area (Å²) in [5, 5.41) is 2.86. The van der Waals surface area contributed by atoms with Crippen molar-refractivity contribution in [1.29, 1.82) is 0 Å². The van der Waals surface area contributed by atoms with E-state index in [1.807, 2.05) is 37.3 Å². The van der Waals surface area contributed by atoms with Crippen molar-refractivity contribution in [2.75, 3.05) is 5.32 Å². The van der Waals surface area contributed by atoms with E-state index in [4.69, 9.17) is 0 Å². The Labute approximate surface area is 179 Å². The molecule has 3 amide bonds. The highest BCUT2D eigenvalue weighted by Gasteiger charge is 2.60. The number of nitrogens with zero attached hydrogens (tertiary/aromatic N) is 1. The van der Waals surface area contributed by atoms with E-state index < -0.39 is 11.9 Å². The molecule has 2 aliphatic carbocycles. The van der Waals surface area contributed by atoms with E-state index in [9.17, 15) is 18.8 Å². The molecular weight excluding hydrogens is 395 g/mol. The molecule has 3 aliphatic rings. The van der Waals surface area contributed by atoms with Crippen LogP contribution in [0, 0.1) is 36.4 Å². The lowest BCUT2D eigenvalue weighted by atomic mass is 9.85. The summed E-state index contributed by atoms with van der Waals surface area (Å²) >= 11 is 0. The molecule has 0 aromatic heterocycles. The minimum Gasteiger partial charge on any atom is -0.326 e. The van der Waals surface area contributed by atoms with Gasteiger partial charge in [-0.1, -0.05) is 42.5 Å². The number of aryl methyl sites for hydroxylation is 1. The third-order valence-electron chi connectivity index (χ3n) is 6.85. The average Bonchev–Trinajstić information content (AvgIpc) is 3.42. The fourth-order valence-corrected chi connectivity index (χ4v) is 5.39. The van der Waals surface area contributed by atoms with Gasteiger partial charge in [-0.2, -0.15) is 0 Å². The van der Waals surface area contributed by atoms with Crippen LogP contribution in [0.25, 0.3) is 0 Å². The quantitative estimate of drug-likeness (QED) is 0.589. The number of nitrogens with one attached hydrogen (secondary N) is 1. The first-order valence-corrected chi connectivity index (χ1v) is 10.6. The average molecular weight is 418 g/mol. The molecule has 5 rings (SSSR count). The second-order valence-electron chi connectivity index (χ2n) is 8.68. The summed E-state index contributed by atoms with van der Waals surface area (Å²) in [4.78, 5) is 40.8. The first-order valence-electron chi connectivity index (χ1n) is 10.6. The van der Waals surface area contributed by atoms with Crippen molar-refractivity contribution in [2.24, 2.45) is 23.7 Å². The van der Waals surface area contributed by atoms with Crippen molar-refractivity contribution < 1.29 is 18.8 Å². The van der Waals surface area contributed by atoms with E-state index in [0.29, 0.717) is 11.3 Å². The highest BCUT2D eigenvalue weighted by Crippen LogP contribution is 2.54. The van der Waals surface area contributed by atoms with Gasteiger partial charge in [0.25, 0.3) is 0 Å². The minimum absolute atomic E-state index is 0.0744. The van der Waals surface area contributed by atoms with Gasteiger partial charge in [0.1, 0.15) is 5.82 Å². The zero-order chi connectivity index (χ0) is 21.7. The molecule has 1 saturated heterocycles. The first kappa shape index (κ1) is 19.7. The number of imide groups is 1. The van der Waals surface area contributed by atoms with Crippen molar-refractivity contribution in [3.05, 3.63) is 77.6 Å². The third-order valence-corrected chi connectivity index (χ3v) is 6.85. The van der Waals surface area contributed by atoms with E-state index in [1.54, 1.807) is 12.1 Å². The van der Waals surface area contributed by atoms with Crippen molar-refractivity contribution in [1.82, 2.24) is 4.90 Å². The maximum absolute atomic E-state index is 14.0. The number of para-hydroxylation sites is 1. The van der Waals surface area contributed by atoms with Gasteiger partial charge in [-0.25, -0.2) is 4.39 Å². The zero-order valence-corrected chi connectivity index (χ0v) is 17.1. The molecule has 5 unspecified atom stereocenters. The predicted molar refractivity (Wildman–Crippen MR) is 113 cm³/mol. The Morgan fingerprint density at radius 1 is 1.06 bits per heavy atom. The minimum atomic E-state index is -0.843. The molecule has 2 aromatic carbocycles. The molecule has 2 aromatic rings. The monoisotopic (exact) mass is 418 g/mol. The van der Waals surface area contributed by atoms with Gasteiger partial charge in [-0.3, -0.25) is 19.3 Å². The van der Waals surface area contributed by atoms with Crippen molar-refractivity contribution >= 4 is 23.4 Å². The summed E-state index contributed by atoms with van der Waals surface area (Å²) in [6.45, 7) is 1.89. The molecule has 0 radical (unpaired) electrons. The summed E-state index contributed by atoms with van der Waals surface area (Å²) in [6, 6.07) is 12.3. The molecule has 5 atom stereocenters. The SMILES string of the molecule is Cc1ccccc1NC(=O)CC(c1cccc(F)c1)N1C(=O)C2C3C=CC(C3)C2C1=O. The van der Waals surface area contributed by atoms with Crippen LogP contribution in [0.1, 0.15) is 30.0 Å². The van der Waals surface area contributed by atoms with Gasteiger partial charge in [-0.05, 0) is 54.5 Å². The largest absolute Gasteiger partial charge is 0.326 e. The molecule has 1 N–H and O–H groups in total. The van der Waals surface area contributed by atoms with Gasteiger partial charge in [0.05, 0.1) is 24.3 Å². The van der Waals surface area contributed by atoms with Gasteiger partial charge < -0.3 is 5.32 Å². The lowest BCUT2D eigenvalue weighted by molar-refractivity contribution is -0.144.